The van der Waals surface area contributed by atoms with Crippen LogP contribution in [0.4, 0.5) is 0 Å². The molecule has 4 saturated carbocycles. The highest BCUT2D eigenvalue weighted by Crippen LogP contribution is 2.69. The number of allylic oxidation sites excluding steroid dienone is 1. The Labute approximate surface area is 183 Å². The molecule has 11 atom stereocenters. The van der Waals surface area contributed by atoms with Crippen molar-refractivity contribution in [2.24, 2.45) is 52.3 Å². The highest BCUT2D eigenvalue weighted by molar-refractivity contribution is 5.44. The summed E-state index contributed by atoms with van der Waals surface area (Å²) in [6.45, 7) is 9.68. The molecule has 4 aliphatic carbocycles. The van der Waals surface area contributed by atoms with Crippen LogP contribution < -0.4 is 0 Å². The van der Waals surface area contributed by atoms with Crippen molar-refractivity contribution in [2.75, 3.05) is 0 Å². The molecular weight excluding hydrogens is 372 g/mol. The third kappa shape index (κ3) is 3.35. The van der Waals surface area contributed by atoms with Crippen molar-refractivity contribution < 1.29 is 15.0 Å². The van der Waals surface area contributed by atoms with E-state index in [9.17, 15) is 15.0 Å². The Morgan fingerprint density at radius 1 is 1.03 bits per heavy atom. The SMILES string of the molecule is CC[C@@H]1C2C[C@H](O)CC[C@@]2(C)[C@H]2CCC3(C)[C@@H]([C@H](C)CCC=C=O)CC[C@H]3C2[C@@H]1O. The van der Waals surface area contributed by atoms with E-state index in [0.717, 1.165) is 38.5 Å². The first-order valence-electron chi connectivity index (χ1n) is 12.8. The van der Waals surface area contributed by atoms with E-state index in [1.807, 2.05) is 5.94 Å². The molecule has 4 fully saturated rings. The van der Waals surface area contributed by atoms with Crippen LogP contribution in [0.1, 0.15) is 91.9 Å². The molecule has 0 aromatic heterocycles. The zero-order valence-corrected chi connectivity index (χ0v) is 19.6. The van der Waals surface area contributed by atoms with E-state index >= 15 is 0 Å². The second-order valence-electron chi connectivity index (χ2n) is 12.0. The van der Waals surface area contributed by atoms with E-state index in [-0.39, 0.29) is 17.6 Å². The molecule has 3 nitrogen and oxygen atoms in total. The van der Waals surface area contributed by atoms with Gasteiger partial charge in [0.1, 0.15) is 5.94 Å². The summed E-state index contributed by atoms with van der Waals surface area (Å²) < 4.78 is 0. The normalized spacial score (nSPS) is 51.3. The molecule has 30 heavy (non-hydrogen) atoms. The molecule has 170 valence electrons. The molecule has 0 radical (unpaired) electrons. The largest absolute Gasteiger partial charge is 0.393 e. The van der Waals surface area contributed by atoms with Gasteiger partial charge >= 0.3 is 0 Å². The fourth-order valence-electron chi connectivity index (χ4n) is 9.54. The van der Waals surface area contributed by atoms with Crippen LogP contribution in [0.25, 0.3) is 0 Å². The average molecular weight is 417 g/mol. The molecule has 0 aromatic carbocycles. The van der Waals surface area contributed by atoms with Gasteiger partial charge in [0.15, 0.2) is 0 Å². The summed E-state index contributed by atoms with van der Waals surface area (Å²) in [5.74, 6) is 5.73. The van der Waals surface area contributed by atoms with E-state index in [1.165, 1.54) is 25.7 Å². The van der Waals surface area contributed by atoms with E-state index in [4.69, 9.17) is 0 Å². The third-order valence-corrected chi connectivity index (χ3v) is 11.0. The number of carbonyl (C=O) groups excluding carboxylic acids is 1. The minimum absolute atomic E-state index is 0.174. The molecule has 0 aliphatic heterocycles. The first-order valence-corrected chi connectivity index (χ1v) is 12.8. The molecule has 2 N–H and O–H groups in total. The first-order chi connectivity index (χ1) is 14.3. The Balaban J connectivity index is 1.61. The lowest BCUT2D eigenvalue weighted by atomic mass is 9.41. The van der Waals surface area contributed by atoms with Crippen LogP contribution in [0.5, 0.6) is 0 Å². The van der Waals surface area contributed by atoms with Gasteiger partial charge in [-0.15, -0.1) is 0 Å². The van der Waals surface area contributed by atoms with Gasteiger partial charge in [0.2, 0.25) is 0 Å². The predicted molar refractivity (Wildman–Crippen MR) is 120 cm³/mol. The van der Waals surface area contributed by atoms with Crippen molar-refractivity contribution in [3.8, 4) is 0 Å². The maximum Gasteiger partial charge on any atom is 0.120 e. The second-order valence-corrected chi connectivity index (χ2v) is 12.0. The van der Waals surface area contributed by atoms with E-state index < -0.39 is 0 Å². The minimum Gasteiger partial charge on any atom is -0.393 e. The topological polar surface area (TPSA) is 57.5 Å². The minimum atomic E-state index is -0.208. The summed E-state index contributed by atoms with van der Waals surface area (Å²) in [6.07, 6.45) is 12.2. The molecule has 4 aliphatic rings. The molecule has 0 heterocycles. The number of rotatable bonds is 5. The van der Waals surface area contributed by atoms with Gasteiger partial charge in [-0.1, -0.05) is 34.1 Å². The van der Waals surface area contributed by atoms with Crippen molar-refractivity contribution in [1.82, 2.24) is 0 Å². The van der Waals surface area contributed by atoms with Crippen molar-refractivity contribution in [1.29, 1.82) is 0 Å². The Morgan fingerprint density at radius 2 is 1.73 bits per heavy atom. The fraction of sp³-hybridized carbons (Fsp3) is 0.926. The lowest BCUT2D eigenvalue weighted by Crippen LogP contribution is -2.62. The summed E-state index contributed by atoms with van der Waals surface area (Å²) in [7, 11) is 0. The van der Waals surface area contributed by atoms with Crippen LogP contribution in [0.3, 0.4) is 0 Å². The summed E-state index contributed by atoms with van der Waals surface area (Å²) in [5, 5.41) is 22.2. The molecule has 3 heteroatoms. The van der Waals surface area contributed by atoms with Gasteiger partial charge in [0.05, 0.1) is 12.2 Å². The Hall–Kier alpha value is -0.630. The van der Waals surface area contributed by atoms with Gasteiger partial charge < -0.3 is 10.2 Å². The molecule has 0 bridgehead atoms. The maximum absolute atomic E-state index is 11.7. The van der Waals surface area contributed by atoms with Crippen molar-refractivity contribution in [3.05, 3.63) is 6.08 Å². The van der Waals surface area contributed by atoms with E-state index in [0.29, 0.717) is 46.8 Å². The van der Waals surface area contributed by atoms with Gasteiger partial charge in [-0.25, -0.2) is 4.79 Å². The van der Waals surface area contributed by atoms with Crippen molar-refractivity contribution >= 4 is 5.94 Å². The van der Waals surface area contributed by atoms with Gasteiger partial charge in [-0.2, -0.15) is 0 Å². The number of fused-ring (bicyclic) bond motifs is 5. The fourth-order valence-corrected chi connectivity index (χ4v) is 9.54. The molecule has 4 rings (SSSR count). The highest BCUT2D eigenvalue weighted by atomic mass is 16.3. The van der Waals surface area contributed by atoms with Gasteiger partial charge in [-0.05, 0) is 116 Å². The quantitative estimate of drug-likeness (QED) is 0.589. The summed E-state index contributed by atoms with van der Waals surface area (Å²) >= 11 is 0. The highest BCUT2D eigenvalue weighted by Gasteiger charge is 2.64. The second kappa shape index (κ2) is 8.38. The number of hydrogen-bond acceptors (Lipinski definition) is 3. The predicted octanol–water partition coefficient (Wildman–Crippen LogP) is 5.42. The Morgan fingerprint density at radius 3 is 2.43 bits per heavy atom. The first kappa shape index (κ1) is 22.6. The van der Waals surface area contributed by atoms with Gasteiger partial charge in [0, 0.05) is 0 Å². The summed E-state index contributed by atoms with van der Waals surface area (Å²) in [6, 6.07) is 0. The monoisotopic (exact) mass is 416 g/mol. The summed E-state index contributed by atoms with van der Waals surface area (Å²) in [5.41, 5.74) is 0.603. The van der Waals surface area contributed by atoms with Crippen LogP contribution in [0, 0.1) is 52.3 Å². The smallest absolute Gasteiger partial charge is 0.120 e. The average Bonchev–Trinajstić information content (AvgIpc) is 3.07. The van der Waals surface area contributed by atoms with Crippen molar-refractivity contribution in [3.63, 3.8) is 0 Å². The van der Waals surface area contributed by atoms with Crippen LogP contribution in [-0.2, 0) is 4.79 Å². The maximum atomic E-state index is 11.7. The molecule has 3 unspecified atom stereocenters. The van der Waals surface area contributed by atoms with Crippen LogP contribution in [0.2, 0.25) is 0 Å². The molecule has 0 aromatic rings. The van der Waals surface area contributed by atoms with Crippen LogP contribution in [-0.4, -0.2) is 28.4 Å². The standard InChI is InChI=1S/C27H44O3/c1-5-19-23-16-18(29)11-13-27(23,4)22-12-14-26(3)20(17(2)8-6-7-15-28)9-10-21(26)24(22)25(19)30/h7,17-25,29-30H,5-6,8-14,16H2,1-4H3/t17-,18-,19-,20-,21+,22+,23?,24?,25-,26?,27+/m1/s1. The van der Waals surface area contributed by atoms with Crippen LogP contribution in [0.15, 0.2) is 6.08 Å². The number of aliphatic hydroxyl groups excluding tert-OH is 2. The third-order valence-electron chi connectivity index (χ3n) is 11.0. The van der Waals surface area contributed by atoms with Gasteiger partial charge in [0.25, 0.3) is 0 Å². The lowest BCUT2D eigenvalue weighted by molar-refractivity contribution is -0.203. The molecule has 0 spiro atoms. The summed E-state index contributed by atoms with van der Waals surface area (Å²) in [4.78, 5) is 10.6. The van der Waals surface area contributed by atoms with Crippen molar-refractivity contribution in [2.45, 2.75) is 104 Å². The Bertz CT molecular complexity index is 669. The molecule has 0 amide bonds. The molecular formula is C27H44O3. The Kier molecular flexibility index (Phi) is 6.30. The lowest BCUT2D eigenvalue weighted by Gasteiger charge is -2.64. The molecule has 0 saturated heterocycles. The number of aliphatic hydroxyl groups is 2. The van der Waals surface area contributed by atoms with E-state index in [2.05, 4.69) is 27.7 Å². The van der Waals surface area contributed by atoms with Gasteiger partial charge in [-0.3, -0.25) is 0 Å². The van der Waals surface area contributed by atoms with E-state index in [1.54, 1.807) is 6.08 Å². The van der Waals surface area contributed by atoms with Crippen LogP contribution >= 0.6 is 0 Å². The number of hydrogen-bond donors (Lipinski definition) is 2. The zero-order valence-electron chi connectivity index (χ0n) is 19.6. The zero-order chi connectivity index (χ0) is 21.7.